The number of piperazine rings is 1. The smallest absolute Gasteiger partial charge is 0.272 e. The fraction of sp³-hybridized carbons (Fsp3) is 0.400. The van der Waals surface area contributed by atoms with Gasteiger partial charge in [-0.25, -0.2) is 9.37 Å². The molecule has 0 radical (unpaired) electrons. The lowest BCUT2D eigenvalue weighted by molar-refractivity contribution is 0.0299. The Morgan fingerprint density at radius 3 is 2.04 bits per heavy atom. The molecule has 2 aliphatic rings. The van der Waals surface area contributed by atoms with E-state index in [1.54, 1.807) is 17.2 Å². The van der Waals surface area contributed by atoms with E-state index in [4.69, 9.17) is 4.74 Å². The second kappa shape index (κ2) is 7.92. The molecule has 7 heteroatoms. The first-order valence-electron chi connectivity index (χ1n) is 9.29. The minimum atomic E-state index is -0.213. The third-order valence-electron chi connectivity index (χ3n) is 5.10. The van der Waals surface area contributed by atoms with Crippen LogP contribution in [-0.4, -0.2) is 68.3 Å². The molecule has 1 aromatic carbocycles. The molecule has 0 spiro atoms. The van der Waals surface area contributed by atoms with Crippen molar-refractivity contribution < 1.29 is 13.9 Å². The van der Waals surface area contributed by atoms with Crippen molar-refractivity contribution in [2.24, 2.45) is 0 Å². The van der Waals surface area contributed by atoms with E-state index in [1.807, 2.05) is 18.2 Å². The molecular formula is C20H23FN4O2. The van der Waals surface area contributed by atoms with Crippen LogP contribution in [0, 0.1) is 5.82 Å². The second-order valence-electron chi connectivity index (χ2n) is 6.76. The van der Waals surface area contributed by atoms with Gasteiger partial charge in [0.15, 0.2) is 0 Å². The largest absolute Gasteiger partial charge is 0.378 e. The standard InChI is InChI=1S/C20H23FN4O2/c21-16-1-3-17(4-2-16)23-7-9-24(10-8-23)18-5-6-19(22-15-18)20(26)25-11-13-27-14-12-25/h1-6,15H,7-14H2. The summed E-state index contributed by atoms with van der Waals surface area (Å²) in [7, 11) is 0. The monoisotopic (exact) mass is 370 g/mol. The lowest BCUT2D eigenvalue weighted by Gasteiger charge is -2.37. The fourth-order valence-corrected chi connectivity index (χ4v) is 3.50. The fourth-order valence-electron chi connectivity index (χ4n) is 3.50. The van der Waals surface area contributed by atoms with E-state index in [-0.39, 0.29) is 11.7 Å². The van der Waals surface area contributed by atoms with E-state index >= 15 is 0 Å². The van der Waals surface area contributed by atoms with E-state index in [9.17, 15) is 9.18 Å². The number of carbonyl (C=O) groups excluding carboxylic acids is 1. The van der Waals surface area contributed by atoms with Crippen LogP contribution in [0.2, 0.25) is 0 Å². The molecule has 3 heterocycles. The van der Waals surface area contributed by atoms with Crippen LogP contribution in [0.3, 0.4) is 0 Å². The number of nitrogens with zero attached hydrogens (tertiary/aromatic N) is 4. The molecule has 4 rings (SSSR count). The summed E-state index contributed by atoms with van der Waals surface area (Å²) in [6, 6.07) is 10.4. The number of halogens is 1. The maximum absolute atomic E-state index is 13.1. The minimum Gasteiger partial charge on any atom is -0.378 e. The van der Waals surface area contributed by atoms with Crippen LogP contribution < -0.4 is 9.80 Å². The highest BCUT2D eigenvalue weighted by molar-refractivity contribution is 5.92. The number of pyridine rings is 1. The first-order chi connectivity index (χ1) is 13.2. The van der Waals surface area contributed by atoms with Crippen LogP contribution >= 0.6 is 0 Å². The van der Waals surface area contributed by atoms with E-state index in [2.05, 4.69) is 14.8 Å². The second-order valence-corrected chi connectivity index (χ2v) is 6.76. The number of ether oxygens (including phenoxy) is 1. The zero-order valence-corrected chi connectivity index (χ0v) is 15.2. The normalized spacial score (nSPS) is 17.9. The summed E-state index contributed by atoms with van der Waals surface area (Å²) < 4.78 is 18.4. The van der Waals surface area contributed by atoms with E-state index < -0.39 is 0 Å². The van der Waals surface area contributed by atoms with Crippen LogP contribution in [0.1, 0.15) is 10.5 Å². The van der Waals surface area contributed by atoms with Crippen molar-refractivity contribution in [3.8, 4) is 0 Å². The number of hydrogen-bond donors (Lipinski definition) is 0. The third kappa shape index (κ3) is 4.03. The Kier molecular flexibility index (Phi) is 5.20. The average Bonchev–Trinajstić information content (AvgIpc) is 2.75. The van der Waals surface area contributed by atoms with Crippen LogP contribution in [-0.2, 0) is 4.74 Å². The molecule has 0 bridgehead atoms. The van der Waals surface area contributed by atoms with Crippen LogP contribution in [0.4, 0.5) is 15.8 Å². The van der Waals surface area contributed by atoms with Crippen molar-refractivity contribution in [1.29, 1.82) is 0 Å². The van der Waals surface area contributed by atoms with Gasteiger partial charge in [-0.05, 0) is 36.4 Å². The number of anilines is 2. The molecule has 142 valence electrons. The SMILES string of the molecule is O=C(c1ccc(N2CCN(c3ccc(F)cc3)CC2)cn1)N1CCOCC1. The minimum absolute atomic E-state index is 0.0361. The predicted molar refractivity (Wildman–Crippen MR) is 102 cm³/mol. The van der Waals surface area contributed by atoms with Gasteiger partial charge in [-0.3, -0.25) is 4.79 Å². The van der Waals surface area contributed by atoms with Gasteiger partial charge in [-0.15, -0.1) is 0 Å². The highest BCUT2D eigenvalue weighted by Gasteiger charge is 2.21. The van der Waals surface area contributed by atoms with Crippen LogP contribution in [0.15, 0.2) is 42.6 Å². The maximum atomic E-state index is 13.1. The molecule has 6 nitrogen and oxygen atoms in total. The topological polar surface area (TPSA) is 48.9 Å². The molecule has 2 saturated heterocycles. The van der Waals surface area contributed by atoms with Gasteiger partial charge in [0.1, 0.15) is 11.5 Å². The Bertz CT molecular complexity index is 768. The summed E-state index contributed by atoms with van der Waals surface area (Å²) in [5.74, 6) is -0.249. The zero-order chi connectivity index (χ0) is 18.6. The Morgan fingerprint density at radius 1 is 0.852 bits per heavy atom. The molecule has 2 aromatic rings. The van der Waals surface area contributed by atoms with Crippen molar-refractivity contribution in [3.05, 3.63) is 54.1 Å². The molecule has 0 atom stereocenters. The molecule has 2 aliphatic heterocycles. The highest BCUT2D eigenvalue weighted by Crippen LogP contribution is 2.21. The maximum Gasteiger partial charge on any atom is 0.272 e. The number of hydrogen-bond acceptors (Lipinski definition) is 5. The van der Waals surface area contributed by atoms with Gasteiger partial charge in [0.05, 0.1) is 25.1 Å². The van der Waals surface area contributed by atoms with Gasteiger partial charge >= 0.3 is 0 Å². The molecular weight excluding hydrogens is 347 g/mol. The quantitative estimate of drug-likeness (QED) is 0.827. The number of rotatable bonds is 3. The number of aromatic nitrogens is 1. The highest BCUT2D eigenvalue weighted by atomic mass is 19.1. The zero-order valence-electron chi connectivity index (χ0n) is 15.2. The van der Waals surface area contributed by atoms with Crippen molar-refractivity contribution in [3.63, 3.8) is 0 Å². The number of benzene rings is 1. The van der Waals surface area contributed by atoms with E-state index in [1.165, 1.54) is 12.1 Å². The molecule has 0 N–H and O–H groups in total. The summed E-state index contributed by atoms with van der Waals surface area (Å²) >= 11 is 0. The summed E-state index contributed by atoms with van der Waals surface area (Å²) in [6.07, 6.45) is 1.78. The first-order valence-corrected chi connectivity index (χ1v) is 9.29. The van der Waals surface area contributed by atoms with Gasteiger partial charge in [0.25, 0.3) is 5.91 Å². The molecule has 0 unspecified atom stereocenters. The summed E-state index contributed by atoms with van der Waals surface area (Å²) in [5.41, 5.74) is 2.54. The average molecular weight is 370 g/mol. The number of morpholine rings is 1. The summed E-state index contributed by atoms with van der Waals surface area (Å²) in [4.78, 5) is 23.2. The number of amides is 1. The summed E-state index contributed by atoms with van der Waals surface area (Å²) in [5, 5.41) is 0. The Hall–Kier alpha value is -2.67. The number of carbonyl (C=O) groups is 1. The third-order valence-corrected chi connectivity index (χ3v) is 5.10. The first kappa shape index (κ1) is 17.7. The molecule has 27 heavy (non-hydrogen) atoms. The Balaban J connectivity index is 1.36. The van der Waals surface area contributed by atoms with E-state index in [0.29, 0.717) is 32.0 Å². The lowest BCUT2D eigenvalue weighted by Crippen LogP contribution is -2.46. The van der Waals surface area contributed by atoms with Gasteiger partial charge < -0.3 is 19.4 Å². The van der Waals surface area contributed by atoms with Crippen LogP contribution in [0.25, 0.3) is 0 Å². The van der Waals surface area contributed by atoms with E-state index in [0.717, 1.165) is 37.6 Å². The van der Waals surface area contributed by atoms with Gasteiger partial charge in [0.2, 0.25) is 0 Å². The molecule has 2 fully saturated rings. The lowest BCUT2D eigenvalue weighted by atomic mass is 10.2. The van der Waals surface area contributed by atoms with Crippen LogP contribution in [0.5, 0.6) is 0 Å². The molecule has 1 amide bonds. The molecule has 0 saturated carbocycles. The van der Waals surface area contributed by atoms with Gasteiger partial charge in [-0.2, -0.15) is 0 Å². The predicted octanol–water partition coefficient (Wildman–Crippen LogP) is 2.02. The molecule has 0 aliphatic carbocycles. The van der Waals surface area contributed by atoms with Crippen molar-refractivity contribution in [2.45, 2.75) is 0 Å². The van der Waals surface area contributed by atoms with Gasteiger partial charge in [0, 0.05) is 45.0 Å². The van der Waals surface area contributed by atoms with Crippen molar-refractivity contribution in [1.82, 2.24) is 9.88 Å². The Labute approximate surface area is 158 Å². The van der Waals surface area contributed by atoms with Crippen molar-refractivity contribution >= 4 is 17.3 Å². The molecule has 1 aromatic heterocycles. The van der Waals surface area contributed by atoms with Crippen molar-refractivity contribution in [2.75, 3.05) is 62.3 Å². The Morgan fingerprint density at radius 2 is 1.44 bits per heavy atom. The summed E-state index contributed by atoms with van der Waals surface area (Å²) in [6.45, 7) is 5.84. The van der Waals surface area contributed by atoms with Gasteiger partial charge in [-0.1, -0.05) is 0 Å².